The fourth-order valence-electron chi connectivity index (χ4n) is 1.70. The third kappa shape index (κ3) is 1.94. The number of rotatable bonds is 3. The molecule has 0 aromatic heterocycles. The average molecular weight is 174 g/mol. The molecule has 0 radical (unpaired) electrons. The molecule has 5 heteroatoms. The molecule has 0 unspecified atom stereocenters. The number of hydrogen-bond donors (Lipinski definition) is 3. The summed E-state index contributed by atoms with van der Waals surface area (Å²) < 4.78 is 0. The minimum atomic E-state index is -0.625. The van der Waals surface area contributed by atoms with Gasteiger partial charge in [-0.1, -0.05) is 0 Å². The summed E-state index contributed by atoms with van der Waals surface area (Å²) >= 11 is 0. The minimum absolute atomic E-state index is 0.0979. The molecule has 1 aliphatic heterocycles. The molecule has 1 heterocycles. The van der Waals surface area contributed by atoms with Gasteiger partial charge in [-0.25, -0.2) is 0 Å². The molecule has 72 valence electrons. The van der Waals surface area contributed by atoms with Gasteiger partial charge in [-0.15, -0.1) is 0 Å². The number of hydroxylamine groups is 2. The fraction of sp³-hybridized carbons (Fsp3) is 1.00. The summed E-state index contributed by atoms with van der Waals surface area (Å²) in [4.78, 5) is 0. The predicted octanol–water partition coefficient (Wildman–Crippen LogP) is -0.354. The zero-order chi connectivity index (χ0) is 9.03. The molecule has 0 atom stereocenters. The first-order valence-electron chi connectivity index (χ1n) is 4.28. The highest BCUT2D eigenvalue weighted by molar-refractivity contribution is 4.91. The summed E-state index contributed by atoms with van der Waals surface area (Å²) in [5.74, 6) is 0. The maximum Gasteiger partial charge on any atom is 0.0363 e. The summed E-state index contributed by atoms with van der Waals surface area (Å²) in [5, 5.41) is 23.1. The lowest BCUT2D eigenvalue weighted by atomic mass is 9.86. The quantitative estimate of drug-likeness (QED) is 0.509. The van der Waals surface area contributed by atoms with Crippen molar-refractivity contribution in [2.45, 2.75) is 24.8 Å². The van der Waals surface area contributed by atoms with Gasteiger partial charge < -0.3 is 21.5 Å². The highest BCUT2D eigenvalue weighted by atomic mass is 16.8. The maximum atomic E-state index is 10.9. The summed E-state index contributed by atoms with van der Waals surface area (Å²) in [5.41, 5.74) is 4.76. The zero-order valence-electron chi connectivity index (χ0n) is 7.12. The van der Waals surface area contributed by atoms with Crippen molar-refractivity contribution in [3.05, 3.63) is 5.21 Å². The average Bonchev–Trinajstić information content (AvgIpc) is 2.06. The molecule has 0 saturated carbocycles. The van der Waals surface area contributed by atoms with Crippen molar-refractivity contribution >= 4 is 0 Å². The fourth-order valence-corrected chi connectivity index (χ4v) is 1.70. The van der Waals surface area contributed by atoms with Crippen LogP contribution in [0.4, 0.5) is 0 Å². The van der Waals surface area contributed by atoms with Crippen LogP contribution < -0.4 is 11.1 Å². The normalized spacial score (nSPS) is 23.0. The van der Waals surface area contributed by atoms with E-state index in [0.29, 0.717) is 25.8 Å². The van der Waals surface area contributed by atoms with E-state index in [1.165, 1.54) is 0 Å². The monoisotopic (exact) mass is 174 g/mol. The number of nitrogens with one attached hydrogen (secondary N) is 1. The van der Waals surface area contributed by atoms with Crippen LogP contribution in [0.25, 0.3) is 0 Å². The maximum absolute atomic E-state index is 10.9. The molecule has 1 rings (SSSR count). The Bertz CT molecular complexity index is 129. The Morgan fingerprint density at radius 3 is 2.50 bits per heavy atom. The Kier molecular flexibility index (Phi) is 3.42. The number of nitrogens with two attached hydrogens (primary N) is 1. The first-order chi connectivity index (χ1) is 5.71. The molecular formula is C7H16N3O2-. The van der Waals surface area contributed by atoms with E-state index in [0.717, 1.165) is 13.1 Å². The number of hydrogen-bond acceptors (Lipinski definition) is 5. The molecular weight excluding hydrogens is 158 g/mol. The molecule has 1 saturated heterocycles. The van der Waals surface area contributed by atoms with Gasteiger partial charge in [0.1, 0.15) is 0 Å². The van der Waals surface area contributed by atoms with E-state index in [2.05, 4.69) is 5.32 Å². The number of nitrogens with zero attached hydrogens (tertiary/aromatic N) is 1. The summed E-state index contributed by atoms with van der Waals surface area (Å²) in [6.07, 6.45) is 1.91. The Labute approximate surface area is 72.1 Å². The van der Waals surface area contributed by atoms with Crippen LogP contribution in [0.2, 0.25) is 0 Å². The Morgan fingerprint density at radius 2 is 2.08 bits per heavy atom. The van der Waals surface area contributed by atoms with Gasteiger partial charge in [-0.05, 0) is 38.9 Å². The van der Waals surface area contributed by atoms with Crippen molar-refractivity contribution in [1.29, 1.82) is 0 Å². The van der Waals surface area contributed by atoms with Crippen LogP contribution in [0.3, 0.4) is 0 Å². The molecule has 0 aromatic rings. The minimum Gasteiger partial charge on any atom is -0.762 e. The number of piperidine rings is 1. The molecule has 5 nitrogen and oxygen atoms in total. The molecule has 0 bridgehead atoms. The highest BCUT2D eigenvalue weighted by Gasteiger charge is 2.32. The van der Waals surface area contributed by atoms with Crippen LogP contribution >= 0.6 is 0 Å². The van der Waals surface area contributed by atoms with Gasteiger partial charge in [0, 0.05) is 5.54 Å². The van der Waals surface area contributed by atoms with Gasteiger partial charge in [-0.2, -0.15) is 0 Å². The van der Waals surface area contributed by atoms with Crippen LogP contribution in [-0.2, 0) is 0 Å². The van der Waals surface area contributed by atoms with E-state index in [9.17, 15) is 5.21 Å². The summed E-state index contributed by atoms with van der Waals surface area (Å²) in [6, 6.07) is 0. The van der Waals surface area contributed by atoms with Crippen LogP contribution in [-0.4, -0.2) is 35.6 Å². The smallest absolute Gasteiger partial charge is 0.0363 e. The van der Waals surface area contributed by atoms with Crippen LogP contribution in [0.15, 0.2) is 0 Å². The topological polar surface area (TPSA) is 84.6 Å². The van der Waals surface area contributed by atoms with Crippen LogP contribution in [0.1, 0.15) is 19.3 Å². The Morgan fingerprint density at radius 1 is 1.50 bits per heavy atom. The molecule has 4 N–H and O–H groups in total. The molecule has 1 fully saturated rings. The predicted molar refractivity (Wildman–Crippen MR) is 45.5 cm³/mol. The third-order valence-electron chi connectivity index (χ3n) is 2.55. The molecule has 1 aliphatic rings. The largest absolute Gasteiger partial charge is 0.762 e. The molecule has 0 aliphatic carbocycles. The van der Waals surface area contributed by atoms with E-state index < -0.39 is 5.54 Å². The van der Waals surface area contributed by atoms with E-state index in [1.807, 2.05) is 0 Å². The van der Waals surface area contributed by atoms with Gasteiger partial charge in [0.25, 0.3) is 0 Å². The summed E-state index contributed by atoms with van der Waals surface area (Å²) in [6.45, 7) is 2.00. The summed E-state index contributed by atoms with van der Waals surface area (Å²) in [7, 11) is 0. The van der Waals surface area contributed by atoms with Crippen molar-refractivity contribution in [2.75, 3.05) is 19.6 Å². The Balaban J connectivity index is 2.56. The zero-order valence-corrected chi connectivity index (χ0v) is 7.12. The van der Waals surface area contributed by atoms with E-state index in [4.69, 9.17) is 10.9 Å². The SMILES string of the molecule is NCCC1(N([O-])O)CCNCC1. The first kappa shape index (κ1) is 9.88. The Hall–Kier alpha value is -0.200. The van der Waals surface area contributed by atoms with Crippen molar-refractivity contribution in [3.8, 4) is 0 Å². The van der Waals surface area contributed by atoms with Crippen molar-refractivity contribution < 1.29 is 5.21 Å². The lowest BCUT2D eigenvalue weighted by Crippen LogP contribution is -2.52. The van der Waals surface area contributed by atoms with Gasteiger partial charge in [0.2, 0.25) is 0 Å². The van der Waals surface area contributed by atoms with E-state index in [-0.39, 0.29) is 5.23 Å². The second-order valence-electron chi connectivity index (χ2n) is 3.29. The highest BCUT2D eigenvalue weighted by Crippen LogP contribution is 2.27. The lowest BCUT2D eigenvalue weighted by Gasteiger charge is -2.46. The van der Waals surface area contributed by atoms with Gasteiger partial charge >= 0.3 is 0 Å². The molecule has 0 amide bonds. The van der Waals surface area contributed by atoms with Crippen LogP contribution in [0.5, 0.6) is 0 Å². The standard InChI is InChI=1S/C7H16N3O2/c8-4-1-7(10(11)12)2-5-9-6-3-7/h9,11H,1-6,8H2/q-1. The van der Waals surface area contributed by atoms with Crippen molar-refractivity contribution in [2.24, 2.45) is 5.73 Å². The second-order valence-corrected chi connectivity index (χ2v) is 3.29. The second kappa shape index (κ2) is 4.15. The molecule has 0 aromatic carbocycles. The van der Waals surface area contributed by atoms with E-state index >= 15 is 0 Å². The van der Waals surface area contributed by atoms with Crippen LogP contribution in [0, 0.1) is 5.21 Å². The lowest BCUT2D eigenvalue weighted by molar-refractivity contribution is -0.143. The third-order valence-corrected chi connectivity index (χ3v) is 2.55. The van der Waals surface area contributed by atoms with Gasteiger partial charge in [0.05, 0.1) is 0 Å². The van der Waals surface area contributed by atoms with E-state index in [1.54, 1.807) is 0 Å². The van der Waals surface area contributed by atoms with Crippen molar-refractivity contribution in [3.63, 3.8) is 0 Å². The molecule has 0 spiro atoms. The van der Waals surface area contributed by atoms with Gasteiger partial charge in [-0.3, -0.25) is 5.23 Å². The van der Waals surface area contributed by atoms with Gasteiger partial charge in [0.15, 0.2) is 0 Å². The molecule has 12 heavy (non-hydrogen) atoms. The first-order valence-corrected chi connectivity index (χ1v) is 4.28. The van der Waals surface area contributed by atoms with Crippen molar-refractivity contribution in [1.82, 2.24) is 10.5 Å².